The van der Waals surface area contributed by atoms with Crippen LogP contribution in [0.5, 0.6) is 0 Å². The Hall–Kier alpha value is -2.64. The lowest BCUT2D eigenvalue weighted by atomic mass is 9.94. The maximum Gasteiger partial charge on any atom is 0.280 e. The van der Waals surface area contributed by atoms with Crippen LogP contribution in [0.25, 0.3) is 5.78 Å². The van der Waals surface area contributed by atoms with Gasteiger partial charge in [-0.1, -0.05) is 0 Å². The molecule has 114 valence electrons. The molecule has 0 spiro atoms. The third kappa shape index (κ3) is 2.16. The number of H-pyrrole nitrogens is 1. The lowest BCUT2D eigenvalue weighted by Gasteiger charge is -2.32. The Morgan fingerprint density at radius 1 is 1.32 bits per heavy atom. The molecule has 3 aromatic rings. The quantitative estimate of drug-likeness (QED) is 0.762. The summed E-state index contributed by atoms with van der Waals surface area (Å²) in [5, 5.41) is 6.61. The first-order valence-electron chi connectivity index (χ1n) is 7.31. The van der Waals surface area contributed by atoms with Gasteiger partial charge in [-0.3, -0.25) is 4.79 Å². The van der Waals surface area contributed by atoms with Crippen LogP contribution in [-0.2, 0) is 0 Å². The van der Waals surface area contributed by atoms with Gasteiger partial charge in [-0.25, -0.2) is 4.98 Å². The third-order valence-electron chi connectivity index (χ3n) is 4.13. The lowest BCUT2D eigenvalue weighted by molar-refractivity contribution is 0.333. The number of hydrogen-bond acceptors (Lipinski definition) is 6. The molecular formula is C14H16N6O2. The van der Waals surface area contributed by atoms with E-state index in [-0.39, 0.29) is 11.5 Å². The molecule has 0 amide bonds. The SMILES string of the molecule is Cc1cc(N2CCC(c3cc(=O)[nH]o3)CC2)n2ncnc2n1. The minimum atomic E-state index is -0.175. The monoisotopic (exact) mass is 300 g/mol. The maximum atomic E-state index is 11.2. The second-order valence-corrected chi connectivity index (χ2v) is 5.60. The molecule has 1 aliphatic heterocycles. The first-order chi connectivity index (χ1) is 10.7. The van der Waals surface area contributed by atoms with Crippen molar-refractivity contribution < 1.29 is 4.52 Å². The number of anilines is 1. The van der Waals surface area contributed by atoms with E-state index in [0.29, 0.717) is 5.78 Å². The molecule has 22 heavy (non-hydrogen) atoms. The van der Waals surface area contributed by atoms with E-state index in [9.17, 15) is 4.79 Å². The number of aromatic nitrogens is 5. The Balaban J connectivity index is 1.58. The smallest absolute Gasteiger partial charge is 0.280 e. The van der Waals surface area contributed by atoms with E-state index in [1.54, 1.807) is 10.6 Å². The van der Waals surface area contributed by atoms with Crippen LogP contribution in [0.4, 0.5) is 5.82 Å². The molecule has 1 aliphatic rings. The first kappa shape index (κ1) is 13.1. The fourth-order valence-electron chi connectivity index (χ4n) is 3.03. The standard InChI is InChI=1S/C14H16N6O2/c1-9-6-13(20-14(17-9)15-8-16-20)19-4-2-10(3-5-19)11-7-12(21)18-22-11/h6-8,10H,2-5H2,1H3,(H,18,21). The van der Waals surface area contributed by atoms with Crippen molar-refractivity contribution in [3.8, 4) is 0 Å². The van der Waals surface area contributed by atoms with Crippen LogP contribution < -0.4 is 10.5 Å². The van der Waals surface area contributed by atoms with Crippen LogP contribution in [0.1, 0.15) is 30.2 Å². The van der Waals surface area contributed by atoms with E-state index in [1.807, 2.05) is 13.0 Å². The number of nitrogens with zero attached hydrogens (tertiary/aromatic N) is 5. The highest BCUT2D eigenvalue weighted by Crippen LogP contribution is 2.29. The second kappa shape index (κ2) is 4.97. The number of hydrogen-bond donors (Lipinski definition) is 1. The minimum Gasteiger partial charge on any atom is -0.383 e. The van der Waals surface area contributed by atoms with Crippen LogP contribution in [0.2, 0.25) is 0 Å². The van der Waals surface area contributed by atoms with Gasteiger partial charge in [-0.05, 0) is 19.8 Å². The van der Waals surface area contributed by atoms with Gasteiger partial charge in [0.05, 0.1) is 0 Å². The van der Waals surface area contributed by atoms with E-state index in [2.05, 4.69) is 25.1 Å². The Morgan fingerprint density at radius 2 is 2.14 bits per heavy atom. The van der Waals surface area contributed by atoms with Crippen LogP contribution in [0.15, 0.2) is 27.8 Å². The zero-order chi connectivity index (χ0) is 15.1. The van der Waals surface area contributed by atoms with Crippen molar-refractivity contribution in [3.63, 3.8) is 0 Å². The van der Waals surface area contributed by atoms with E-state index in [4.69, 9.17) is 4.52 Å². The number of nitrogens with one attached hydrogen (secondary N) is 1. The van der Waals surface area contributed by atoms with Crippen molar-refractivity contribution in [2.75, 3.05) is 18.0 Å². The number of rotatable bonds is 2. The molecule has 0 bridgehead atoms. The van der Waals surface area contributed by atoms with Crippen LogP contribution >= 0.6 is 0 Å². The Morgan fingerprint density at radius 3 is 2.86 bits per heavy atom. The minimum absolute atomic E-state index is 0.175. The lowest BCUT2D eigenvalue weighted by Crippen LogP contribution is -2.34. The normalized spacial score (nSPS) is 16.5. The molecular weight excluding hydrogens is 284 g/mol. The van der Waals surface area contributed by atoms with Crippen LogP contribution in [-0.4, -0.2) is 37.8 Å². The van der Waals surface area contributed by atoms with E-state index >= 15 is 0 Å². The highest BCUT2D eigenvalue weighted by molar-refractivity contribution is 5.47. The Kier molecular flexibility index (Phi) is 2.95. The summed E-state index contributed by atoms with van der Waals surface area (Å²) in [5.41, 5.74) is 0.751. The number of fused-ring (bicyclic) bond motifs is 1. The molecule has 1 saturated heterocycles. The molecule has 4 rings (SSSR count). The van der Waals surface area contributed by atoms with Gasteiger partial charge in [0.1, 0.15) is 17.9 Å². The maximum absolute atomic E-state index is 11.2. The summed E-state index contributed by atoms with van der Waals surface area (Å²) in [4.78, 5) is 22.0. The summed E-state index contributed by atoms with van der Waals surface area (Å²) in [7, 11) is 0. The van der Waals surface area contributed by atoms with Gasteiger partial charge in [0.15, 0.2) is 0 Å². The van der Waals surface area contributed by atoms with Gasteiger partial charge in [0, 0.05) is 36.8 Å². The molecule has 0 unspecified atom stereocenters. The molecule has 8 nitrogen and oxygen atoms in total. The van der Waals surface area contributed by atoms with Crippen LogP contribution in [0, 0.1) is 6.92 Å². The average Bonchev–Trinajstić information content (AvgIpc) is 3.15. The molecule has 1 N–H and O–H groups in total. The molecule has 0 aliphatic carbocycles. The topological polar surface area (TPSA) is 92.3 Å². The number of piperidine rings is 1. The molecule has 0 saturated carbocycles. The molecule has 3 aromatic heterocycles. The third-order valence-corrected chi connectivity index (χ3v) is 4.13. The van der Waals surface area contributed by atoms with Crippen molar-refractivity contribution in [1.82, 2.24) is 24.7 Å². The first-order valence-corrected chi connectivity index (χ1v) is 7.31. The summed E-state index contributed by atoms with van der Waals surface area (Å²) < 4.78 is 7.00. The van der Waals surface area contributed by atoms with Crippen molar-refractivity contribution in [1.29, 1.82) is 0 Å². The highest BCUT2D eigenvalue weighted by atomic mass is 16.5. The van der Waals surface area contributed by atoms with Gasteiger partial charge >= 0.3 is 0 Å². The molecule has 8 heteroatoms. The van der Waals surface area contributed by atoms with Crippen molar-refractivity contribution in [2.45, 2.75) is 25.7 Å². The van der Waals surface area contributed by atoms with Gasteiger partial charge in [-0.2, -0.15) is 19.8 Å². The predicted molar refractivity (Wildman–Crippen MR) is 79.0 cm³/mol. The summed E-state index contributed by atoms with van der Waals surface area (Å²) >= 11 is 0. The summed E-state index contributed by atoms with van der Waals surface area (Å²) in [5.74, 6) is 2.66. The fraction of sp³-hybridized carbons (Fsp3) is 0.429. The molecule has 0 radical (unpaired) electrons. The van der Waals surface area contributed by atoms with Crippen molar-refractivity contribution in [3.05, 3.63) is 40.3 Å². The summed E-state index contributed by atoms with van der Waals surface area (Å²) in [6, 6.07) is 3.57. The largest absolute Gasteiger partial charge is 0.383 e. The molecule has 4 heterocycles. The average molecular weight is 300 g/mol. The summed E-state index contributed by atoms with van der Waals surface area (Å²) in [6.45, 7) is 3.70. The van der Waals surface area contributed by atoms with Gasteiger partial charge < -0.3 is 9.42 Å². The predicted octanol–water partition coefficient (Wildman–Crippen LogP) is 1.10. The Bertz CT molecular complexity index is 855. The molecule has 1 fully saturated rings. The van der Waals surface area contributed by atoms with E-state index in [0.717, 1.165) is 43.2 Å². The highest BCUT2D eigenvalue weighted by Gasteiger charge is 2.25. The van der Waals surface area contributed by atoms with Crippen molar-refractivity contribution >= 4 is 11.6 Å². The number of aromatic amines is 1. The van der Waals surface area contributed by atoms with Gasteiger partial charge in [0.2, 0.25) is 0 Å². The van der Waals surface area contributed by atoms with E-state index in [1.165, 1.54) is 6.33 Å². The molecule has 0 aromatic carbocycles. The zero-order valence-electron chi connectivity index (χ0n) is 12.2. The van der Waals surface area contributed by atoms with Gasteiger partial charge in [-0.15, -0.1) is 0 Å². The second-order valence-electron chi connectivity index (χ2n) is 5.60. The van der Waals surface area contributed by atoms with Crippen LogP contribution in [0.3, 0.4) is 0 Å². The number of aryl methyl sites for hydroxylation is 1. The summed E-state index contributed by atoms with van der Waals surface area (Å²) in [6.07, 6.45) is 3.38. The van der Waals surface area contributed by atoms with E-state index < -0.39 is 0 Å². The fourth-order valence-corrected chi connectivity index (χ4v) is 3.03. The molecule has 0 atom stereocenters. The Labute approximate surface area is 125 Å². The van der Waals surface area contributed by atoms with Crippen molar-refractivity contribution in [2.24, 2.45) is 0 Å². The van der Waals surface area contributed by atoms with Gasteiger partial charge in [0.25, 0.3) is 11.3 Å². The zero-order valence-corrected chi connectivity index (χ0v) is 12.2.